The van der Waals surface area contributed by atoms with Gasteiger partial charge >= 0.3 is 0 Å². The second-order valence-electron chi connectivity index (χ2n) is 4.22. The van der Waals surface area contributed by atoms with Gasteiger partial charge in [0.1, 0.15) is 0 Å². The van der Waals surface area contributed by atoms with Gasteiger partial charge in [0.25, 0.3) is 5.91 Å². The summed E-state index contributed by atoms with van der Waals surface area (Å²) in [6, 6.07) is 7.56. The summed E-state index contributed by atoms with van der Waals surface area (Å²) in [5, 5.41) is 5.67. The van der Waals surface area contributed by atoms with Crippen LogP contribution in [0.25, 0.3) is 0 Å². The molecule has 0 radical (unpaired) electrons. The Morgan fingerprint density at radius 3 is 2.80 bits per heavy atom. The maximum absolute atomic E-state index is 11.5. The van der Waals surface area contributed by atoms with E-state index < -0.39 is 0 Å². The Hall–Kier alpha value is -1.31. The fourth-order valence-corrected chi connectivity index (χ4v) is 1.64. The lowest BCUT2D eigenvalue weighted by atomic mass is 10.1. The lowest BCUT2D eigenvalue weighted by Crippen LogP contribution is -2.33. The van der Waals surface area contributed by atoms with Crippen molar-refractivity contribution in [3.05, 3.63) is 35.4 Å². The van der Waals surface area contributed by atoms with E-state index in [9.17, 15) is 4.79 Å². The molecular formula is C14H23IN4O. The predicted octanol–water partition coefficient (Wildman–Crippen LogP) is 1.52. The third-order valence-electron chi connectivity index (χ3n) is 2.64. The summed E-state index contributed by atoms with van der Waals surface area (Å²) >= 11 is 0. The number of carbonyl (C=O) groups excluding carboxylic acids is 1. The van der Waals surface area contributed by atoms with Crippen LogP contribution in [0.1, 0.15) is 29.3 Å². The Bertz CT molecular complexity index is 449. The van der Waals surface area contributed by atoms with Crippen molar-refractivity contribution < 1.29 is 4.79 Å². The highest BCUT2D eigenvalue weighted by molar-refractivity contribution is 14.0. The predicted molar refractivity (Wildman–Crippen MR) is 93.7 cm³/mol. The van der Waals surface area contributed by atoms with Crippen molar-refractivity contribution in [3.8, 4) is 0 Å². The fraction of sp³-hybridized carbons (Fsp3) is 0.429. The van der Waals surface area contributed by atoms with Crippen LogP contribution in [0.5, 0.6) is 0 Å². The molecular weight excluding hydrogens is 367 g/mol. The lowest BCUT2D eigenvalue weighted by molar-refractivity contribution is 0.0963. The highest BCUT2D eigenvalue weighted by Crippen LogP contribution is 2.05. The molecule has 0 heterocycles. The average molecular weight is 390 g/mol. The number of halogens is 1. The zero-order valence-electron chi connectivity index (χ0n) is 12.0. The maximum Gasteiger partial charge on any atom is 0.251 e. The number of carbonyl (C=O) groups is 1. The molecule has 0 spiro atoms. The molecule has 112 valence electrons. The molecule has 0 fully saturated rings. The molecule has 0 aliphatic carbocycles. The van der Waals surface area contributed by atoms with E-state index in [-0.39, 0.29) is 29.9 Å². The molecule has 0 aliphatic heterocycles. The van der Waals surface area contributed by atoms with Crippen molar-refractivity contribution in [1.29, 1.82) is 0 Å². The number of guanidine groups is 1. The zero-order valence-corrected chi connectivity index (χ0v) is 14.3. The van der Waals surface area contributed by atoms with Crippen molar-refractivity contribution >= 4 is 35.8 Å². The number of rotatable bonds is 6. The first-order chi connectivity index (χ1) is 9.17. The van der Waals surface area contributed by atoms with E-state index in [0.717, 1.165) is 24.9 Å². The van der Waals surface area contributed by atoms with Gasteiger partial charge < -0.3 is 16.4 Å². The van der Waals surface area contributed by atoms with Gasteiger partial charge in [-0.15, -0.1) is 24.0 Å². The average Bonchev–Trinajstić information content (AvgIpc) is 2.44. The van der Waals surface area contributed by atoms with Crippen LogP contribution in [0.4, 0.5) is 0 Å². The van der Waals surface area contributed by atoms with Gasteiger partial charge in [0, 0.05) is 25.7 Å². The monoisotopic (exact) mass is 390 g/mol. The Balaban J connectivity index is 0.00000361. The van der Waals surface area contributed by atoms with Gasteiger partial charge in [-0.1, -0.05) is 19.1 Å². The molecule has 1 aromatic rings. The van der Waals surface area contributed by atoms with Crippen LogP contribution in [-0.4, -0.2) is 32.0 Å². The van der Waals surface area contributed by atoms with Crippen LogP contribution in [0.3, 0.4) is 0 Å². The van der Waals surface area contributed by atoms with Gasteiger partial charge in [0.15, 0.2) is 5.96 Å². The minimum atomic E-state index is -0.0705. The van der Waals surface area contributed by atoms with Gasteiger partial charge in [-0.05, 0) is 30.5 Å². The van der Waals surface area contributed by atoms with Crippen LogP contribution in [0, 0.1) is 0 Å². The number of hydrogen-bond acceptors (Lipinski definition) is 2. The first-order valence-corrected chi connectivity index (χ1v) is 6.52. The van der Waals surface area contributed by atoms with E-state index in [1.165, 1.54) is 0 Å². The molecule has 0 aliphatic rings. The normalized spacial score (nSPS) is 10.6. The fourth-order valence-electron chi connectivity index (χ4n) is 1.64. The van der Waals surface area contributed by atoms with Gasteiger partial charge in [0.05, 0.1) is 0 Å². The number of benzene rings is 1. The van der Waals surface area contributed by atoms with E-state index in [0.29, 0.717) is 18.1 Å². The summed E-state index contributed by atoms with van der Waals surface area (Å²) in [6.45, 7) is 3.50. The molecule has 0 saturated carbocycles. The number of nitrogens with two attached hydrogens (primary N) is 1. The molecule has 20 heavy (non-hydrogen) atoms. The second kappa shape index (κ2) is 10.5. The molecule has 0 atom stereocenters. The molecule has 0 aromatic heterocycles. The maximum atomic E-state index is 11.5. The number of aliphatic imine (C=N–C) groups is 1. The summed E-state index contributed by atoms with van der Waals surface area (Å²) in [5.74, 6) is 0.406. The topological polar surface area (TPSA) is 79.5 Å². The van der Waals surface area contributed by atoms with E-state index in [2.05, 4.69) is 22.5 Å². The molecule has 0 unspecified atom stereocenters. The zero-order chi connectivity index (χ0) is 14.1. The largest absolute Gasteiger partial charge is 0.370 e. The summed E-state index contributed by atoms with van der Waals surface area (Å²) in [4.78, 5) is 15.7. The Kier molecular flexibility index (Phi) is 9.79. The summed E-state index contributed by atoms with van der Waals surface area (Å²) in [6.07, 6.45) is 1.78. The lowest BCUT2D eigenvalue weighted by Gasteiger charge is -2.07. The highest BCUT2D eigenvalue weighted by atomic mass is 127. The van der Waals surface area contributed by atoms with Crippen LogP contribution < -0.4 is 16.4 Å². The summed E-state index contributed by atoms with van der Waals surface area (Å²) in [7, 11) is 1.63. The first-order valence-electron chi connectivity index (χ1n) is 6.52. The molecule has 0 bridgehead atoms. The third-order valence-corrected chi connectivity index (χ3v) is 2.64. The van der Waals surface area contributed by atoms with Crippen molar-refractivity contribution in [2.24, 2.45) is 10.7 Å². The highest BCUT2D eigenvalue weighted by Gasteiger charge is 2.03. The van der Waals surface area contributed by atoms with Crippen molar-refractivity contribution in [2.75, 3.05) is 20.1 Å². The van der Waals surface area contributed by atoms with Crippen molar-refractivity contribution in [2.45, 2.75) is 19.8 Å². The van der Waals surface area contributed by atoms with Gasteiger partial charge in [-0.2, -0.15) is 0 Å². The number of nitrogens with zero attached hydrogens (tertiary/aromatic N) is 1. The molecule has 4 N–H and O–H groups in total. The van der Waals surface area contributed by atoms with Crippen LogP contribution in [0.2, 0.25) is 0 Å². The summed E-state index contributed by atoms with van der Waals surface area (Å²) in [5.41, 5.74) is 7.47. The third kappa shape index (κ3) is 6.74. The van der Waals surface area contributed by atoms with Gasteiger partial charge in [-0.3, -0.25) is 9.79 Å². The molecule has 1 aromatic carbocycles. The van der Waals surface area contributed by atoms with E-state index in [1.807, 2.05) is 18.2 Å². The number of amides is 1. The van der Waals surface area contributed by atoms with E-state index in [1.54, 1.807) is 13.1 Å². The first kappa shape index (κ1) is 18.7. The van der Waals surface area contributed by atoms with E-state index >= 15 is 0 Å². The molecule has 1 rings (SSSR count). The standard InChI is InChI=1S/C14H22N4O.HI/c1-3-8-17-14(15)18-9-7-11-5-4-6-12(10-11)13(19)16-2;/h4-6,10H,3,7-9H2,1-2H3,(H,16,19)(H3,15,17,18);1H. The summed E-state index contributed by atoms with van der Waals surface area (Å²) < 4.78 is 0. The second-order valence-corrected chi connectivity index (χ2v) is 4.22. The minimum absolute atomic E-state index is 0. The Labute approximate surface area is 137 Å². The molecule has 0 saturated heterocycles. The quantitative estimate of drug-likeness (QED) is 0.392. The number of nitrogens with one attached hydrogen (secondary N) is 2. The van der Waals surface area contributed by atoms with Crippen molar-refractivity contribution in [1.82, 2.24) is 10.6 Å². The van der Waals surface area contributed by atoms with Crippen LogP contribution in [-0.2, 0) is 6.42 Å². The Morgan fingerprint density at radius 2 is 2.15 bits per heavy atom. The number of hydrogen-bond donors (Lipinski definition) is 3. The minimum Gasteiger partial charge on any atom is -0.370 e. The molecule has 5 nitrogen and oxygen atoms in total. The van der Waals surface area contributed by atoms with Crippen LogP contribution >= 0.6 is 24.0 Å². The van der Waals surface area contributed by atoms with Gasteiger partial charge in [0.2, 0.25) is 0 Å². The smallest absolute Gasteiger partial charge is 0.251 e. The van der Waals surface area contributed by atoms with Crippen molar-refractivity contribution in [3.63, 3.8) is 0 Å². The van der Waals surface area contributed by atoms with Gasteiger partial charge in [-0.25, -0.2) is 0 Å². The van der Waals surface area contributed by atoms with Crippen LogP contribution in [0.15, 0.2) is 29.3 Å². The SMILES string of the molecule is CCCN=C(N)NCCc1cccc(C(=O)NC)c1.I. The molecule has 1 amide bonds. The van der Waals surface area contributed by atoms with E-state index in [4.69, 9.17) is 5.73 Å². The molecule has 6 heteroatoms. The Morgan fingerprint density at radius 1 is 1.40 bits per heavy atom.